The zero-order valence-corrected chi connectivity index (χ0v) is 19.6. The Morgan fingerprint density at radius 2 is 1.57 bits per heavy atom. The van der Waals surface area contributed by atoms with E-state index in [4.69, 9.17) is 4.74 Å². The Hall–Kier alpha value is -3.74. The number of amides is 3. The minimum Gasteiger partial charge on any atom is -0.426 e. The van der Waals surface area contributed by atoms with Crippen LogP contribution >= 0.6 is 0 Å². The number of hydrogen-bond donors (Lipinski definition) is 0. The van der Waals surface area contributed by atoms with Gasteiger partial charge in [-0.15, -0.1) is 0 Å². The maximum Gasteiger partial charge on any atom is 0.316 e. The second-order valence-corrected chi connectivity index (χ2v) is 10.1. The number of carbonyl (C=O) groups excluding carboxylic acids is 4. The van der Waals surface area contributed by atoms with Crippen molar-refractivity contribution >= 4 is 35.1 Å². The molecule has 3 fully saturated rings. The molecule has 7 heteroatoms. The minimum atomic E-state index is -0.562. The van der Waals surface area contributed by atoms with Crippen molar-refractivity contribution < 1.29 is 23.9 Å². The number of carbonyl (C=O) groups is 4. The SMILES string of the molecule is Cc1ccc(N2C[C@H](C(=O)Oc3ccc(N4C(=O)[C@@H]5[C@@H](C4=O)[C@H]4C=C[C@@H]5C4)c(C)c3)CC2=O)cc1. The van der Waals surface area contributed by atoms with Gasteiger partial charge in [-0.3, -0.25) is 19.2 Å². The van der Waals surface area contributed by atoms with Crippen molar-refractivity contribution in [3.8, 4) is 5.75 Å². The van der Waals surface area contributed by atoms with Crippen LogP contribution in [0, 0.1) is 43.4 Å². The Kier molecular flexibility index (Phi) is 4.91. The number of rotatable bonds is 4. The van der Waals surface area contributed by atoms with Crippen molar-refractivity contribution in [1.29, 1.82) is 0 Å². The Labute approximate surface area is 203 Å². The summed E-state index contributed by atoms with van der Waals surface area (Å²) < 4.78 is 5.60. The van der Waals surface area contributed by atoms with Crippen LogP contribution in [0.4, 0.5) is 11.4 Å². The molecule has 2 bridgehead atoms. The highest BCUT2D eigenvalue weighted by molar-refractivity contribution is 6.23. The zero-order chi connectivity index (χ0) is 24.4. The van der Waals surface area contributed by atoms with Crippen molar-refractivity contribution in [3.05, 3.63) is 65.7 Å². The van der Waals surface area contributed by atoms with Crippen LogP contribution in [0.5, 0.6) is 5.75 Å². The lowest BCUT2D eigenvalue weighted by molar-refractivity contribution is -0.139. The molecule has 2 saturated heterocycles. The molecule has 0 aromatic heterocycles. The normalized spacial score (nSPS) is 28.9. The van der Waals surface area contributed by atoms with E-state index < -0.39 is 11.9 Å². The van der Waals surface area contributed by atoms with Gasteiger partial charge in [-0.2, -0.15) is 0 Å². The highest BCUT2D eigenvalue weighted by Crippen LogP contribution is 2.53. The third-order valence-corrected chi connectivity index (χ3v) is 7.90. The number of ether oxygens (including phenoxy) is 1. The molecule has 6 rings (SSSR count). The monoisotopic (exact) mass is 470 g/mol. The molecular weight excluding hydrogens is 444 g/mol. The van der Waals surface area contributed by atoms with Gasteiger partial charge in [0.2, 0.25) is 17.7 Å². The molecule has 35 heavy (non-hydrogen) atoms. The van der Waals surface area contributed by atoms with Crippen LogP contribution < -0.4 is 14.5 Å². The summed E-state index contributed by atoms with van der Waals surface area (Å²) in [6.45, 7) is 4.05. The van der Waals surface area contributed by atoms with Crippen LogP contribution in [-0.2, 0) is 19.2 Å². The predicted molar refractivity (Wildman–Crippen MR) is 129 cm³/mol. The summed E-state index contributed by atoms with van der Waals surface area (Å²) in [6.07, 6.45) is 5.13. The van der Waals surface area contributed by atoms with E-state index in [-0.39, 0.29) is 54.4 Å². The fraction of sp³-hybridized carbons (Fsp3) is 0.357. The molecule has 2 aromatic rings. The van der Waals surface area contributed by atoms with E-state index in [1.54, 1.807) is 30.0 Å². The van der Waals surface area contributed by atoms with Crippen molar-refractivity contribution in [1.82, 2.24) is 0 Å². The second-order valence-electron chi connectivity index (χ2n) is 10.1. The fourth-order valence-electron chi connectivity index (χ4n) is 6.12. The lowest BCUT2D eigenvalue weighted by atomic mass is 9.85. The number of hydrogen-bond acceptors (Lipinski definition) is 5. The molecule has 1 saturated carbocycles. The van der Waals surface area contributed by atoms with Gasteiger partial charge in [-0.1, -0.05) is 29.8 Å². The minimum absolute atomic E-state index is 0.0969. The number of benzene rings is 2. The van der Waals surface area contributed by atoms with E-state index in [0.717, 1.165) is 17.7 Å². The van der Waals surface area contributed by atoms with Crippen LogP contribution in [0.25, 0.3) is 0 Å². The quantitative estimate of drug-likeness (QED) is 0.295. The summed E-state index contributed by atoms with van der Waals surface area (Å²) in [6, 6.07) is 12.6. The molecule has 178 valence electrons. The summed E-state index contributed by atoms with van der Waals surface area (Å²) >= 11 is 0. The molecule has 7 nitrogen and oxygen atoms in total. The molecule has 2 heterocycles. The first-order valence-electron chi connectivity index (χ1n) is 12.1. The number of anilines is 2. The van der Waals surface area contributed by atoms with E-state index in [0.29, 0.717) is 17.0 Å². The van der Waals surface area contributed by atoms with E-state index >= 15 is 0 Å². The first-order chi connectivity index (χ1) is 16.8. The average Bonchev–Trinajstić information content (AvgIpc) is 3.59. The van der Waals surface area contributed by atoms with Crippen LogP contribution in [0.1, 0.15) is 24.0 Å². The van der Waals surface area contributed by atoms with Crippen LogP contribution in [0.3, 0.4) is 0 Å². The molecule has 0 unspecified atom stereocenters. The molecule has 4 aliphatic rings. The third kappa shape index (κ3) is 3.40. The topological polar surface area (TPSA) is 84.0 Å². The number of fused-ring (bicyclic) bond motifs is 5. The van der Waals surface area contributed by atoms with Crippen LogP contribution in [-0.4, -0.2) is 30.2 Å². The first kappa shape index (κ1) is 21.8. The van der Waals surface area contributed by atoms with Gasteiger partial charge in [0.15, 0.2) is 0 Å². The van der Waals surface area contributed by atoms with Crippen molar-refractivity contribution in [2.75, 3.05) is 16.3 Å². The summed E-state index contributed by atoms with van der Waals surface area (Å²) in [5.74, 6) is -1.28. The maximum atomic E-state index is 13.1. The van der Waals surface area contributed by atoms with Crippen molar-refractivity contribution in [2.24, 2.45) is 29.6 Å². The number of nitrogens with zero attached hydrogens (tertiary/aromatic N) is 2. The van der Waals surface area contributed by atoms with Gasteiger partial charge in [0.05, 0.1) is 23.4 Å². The molecule has 2 aliphatic heterocycles. The summed E-state index contributed by atoms with van der Waals surface area (Å²) in [7, 11) is 0. The summed E-state index contributed by atoms with van der Waals surface area (Å²) in [5.41, 5.74) is 3.08. The molecule has 5 atom stereocenters. The number of imide groups is 1. The maximum absolute atomic E-state index is 13.1. The van der Waals surface area contributed by atoms with Gasteiger partial charge < -0.3 is 9.64 Å². The van der Waals surface area contributed by atoms with Gasteiger partial charge in [0.25, 0.3) is 0 Å². The molecule has 0 spiro atoms. The standard InChI is InChI=1S/C28H26N2O5/c1-15-3-7-20(8-4-15)29-14-19(13-23(29)31)28(34)35-21-9-10-22(16(2)11-21)30-26(32)24-17-5-6-18(12-17)25(24)27(30)33/h3-11,17-19,24-25H,12-14H2,1-2H3/t17-,18+,19-,24+,25+/m1/s1. The predicted octanol–water partition coefficient (Wildman–Crippen LogP) is 3.57. The van der Waals surface area contributed by atoms with Gasteiger partial charge in [-0.25, -0.2) is 4.90 Å². The molecule has 0 radical (unpaired) electrons. The fourth-order valence-corrected chi connectivity index (χ4v) is 6.12. The van der Waals surface area contributed by atoms with Gasteiger partial charge in [-0.05, 0) is 68.0 Å². The Morgan fingerprint density at radius 3 is 2.20 bits per heavy atom. The molecule has 2 aromatic carbocycles. The Morgan fingerprint density at radius 1 is 0.914 bits per heavy atom. The molecule has 2 aliphatic carbocycles. The smallest absolute Gasteiger partial charge is 0.316 e. The molecule has 3 amide bonds. The van der Waals surface area contributed by atoms with Gasteiger partial charge >= 0.3 is 5.97 Å². The first-order valence-corrected chi connectivity index (χ1v) is 12.1. The number of esters is 1. The average molecular weight is 471 g/mol. The molecule has 0 N–H and O–H groups in total. The number of allylic oxidation sites excluding steroid dienone is 2. The van der Waals surface area contributed by atoms with E-state index in [2.05, 4.69) is 12.2 Å². The second kappa shape index (κ2) is 7.90. The largest absolute Gasteiger partial charge is 0.426 e. The highest BCUT2D eigenvalue weighted by atomic mass is 16.5. The van der Waals surface area contributed by atoms with E-state index in [9.17, 15) is 19.2 Å². The third-order valence-electron chi connectivity index (χ3n) is 7.90. The Balaban J connectivity index is 1.15. The summed E-state index contributed by atoms with van der Waals surface area (Å²) in [5, 5.41) is 0. The van der Waals surface area contributed by atoms with Crippen molar-refractivity contribution in [2.45, 2.75) is 26.7 Å². The highest BCUT2D eigenvalue weighted by Gasteiger charge is 2.59. The van der Waals surface area contributed by atoms with Gasteiger partial charge in [0, 0.05) is 18.7 Å². The van der Waals surface area contributed by atoms with E-state index in [1.807, 2.05) is 31.2 Å². The Bertz CT molecular complexity index is 1270. The van der Waals surface area contributed by atoms with Gasteiger partial charge in [0.1, 0.15) is 5.75 Å². The zero-order valence-electron chi connectivity index (χ0n) is 19.6. The van der Waals surface area contributed by atoms with E-state index in [1.165, 1.54) is 4.90 Å². The number of aryl methyl sites for hydroxylation is 2. The van der Waals surface area contributed by atoms with Crippen LogP contribution in [0.15, 0.2) is 54.6 Å². The van der Waals surface area contributed by atoms with Crippen LogP contribution in [0.2, 0.25) is 0 Å². The summed E-state index contributed by atoms with van der Waals surface area (Å²) in [4.78, 5) is 54.5. The molecular formula is C28H26N2O5. The lowest BCUT2D eigenvalue weighted by Gasteiger charge is -2.20. The lowest BCUT2D eigenvalue weighted by Crippen LogP contribution is -2.33. The van der Waals surface area contributed by atoms with Crippen molar-refractivity contribution in [3.63, 3.8) is 0 Å².